The van der Waals surface area contributed by atoms with Crippen LogP contribution in [0.15, 0.2) is 29.3 Å². The zero-order valence-corrected chi connectivity index (χ0v) is 15.4. The van der Waals surface area contributed by atoms with E-state index < -0.39 is 0 Å². The van der Waals surface area contributed by atoms with Crippen molar-refractivity contribution in [2.45, 2.75) is 33.2 Å². The molecule has 0 aliphatic rings. The average molecular weight is 351 g/mol. The van der Waals surface area contributed by atoms with Crippen molar-refractivity contribution in [1.82, 2.24) is 15.6 Å². The van der Waals surface area contributed by atoms with Crippen molar-refractivity contribution in [2.24, 2.45) is 4.99 Å². The van der Waals surface area contributed by atoms with Gasteiger partial charge in [0, 0.05) is 23.5 Å². The van der Waals surface area contributed by atoms with E-state index in [2.05, 4.69) is 39.7 Å². The van der Waals surface area contributed by atoms with E-state index in [4.69, 9.17) is 11.6 Å². The molecule has 1 aromatic heterocycles. The first-order valence-electron chi connectivity index (χ1n) is 7.70. The maximum atomic E-state index is 5.89. The highest BCUT2D eigenvalue weighted by molar-refractivity contribution is 7.11. The predicted molar refractivity (Wildman–Crippen MR) is 99.6 cm³/mol. The molecular weight excluding hydrogens is 328 g/mol. The molecule has 1 aromatic carbocycles. The van der Waals surface area contributed by atoms with Crippen LogP contribution in [0.25, 0.3) is 0 Å². The summed E-state index contributed by atoms with van der Waals surface area (Å²) in [6.45, 7) is 5.72. The van der Waals surface area contributed by atoms with Crippen molar-refractivity contribution in [2.75, 3.05) is 13.6 Å². The van der Waals surface area contributed by atoms with Gasteiger partial charge in [0.2, 0.25) is 0 Å². The van der Waals surface area contributed by atoms with E-state index in [0.29, 0.717) is 6.54 Å². The Morgan fingerprint density at radius 3 is 2.57 bits per heavy atom. The molecule has 0 radical (unpaired) electrons. The summed E-state index contributed by atoms with van der Waals surface area (Å²) in [5.74, 6) is 0.812. The normalized spacial score (nSPS) is 11.6. The largest absolute Gasteiger partial charge is 0.356 e. The number of aliphatic imine (C=N–C) groups is 1. The number of halogens is 1. The molecule has 2 rings (SSSR count). The molecule has 0 spiro atoms. The number of rotatable bonds is 6. The fourth-order valence-corrected chi connectivity index (χ4v) is 3.14. The monoisotopic (exact) mass is 350 g/mol. The van der Waals surface area contributed by atoms with E-state index in [-0.39, 0.29) is 0 Å². The van der Waals surface area contributed by atoms with Gasteiger partial charge >= 0.3 is 0 Å². The second-order valence-electron chi connectivity index (χ2n) is 5.33. The number of nitrogens with one attached hydrogen (secondary N) is 2. The van der Waals surface area contributed by atoms with E-state index in [1.807, 2.05) is 19.1 Å². The average Bonchev–Trinajstić information content (AvgIpc) is 2.87. The highest BCUT2D eigenvalue weighted by Crippen LogP contribution is 2.15. The summed E-state index contributed by atoms with van der Waals surface area (Å²) in [6.07, 6.45) is 2.06. The molecule has 0 unspecified atom stereocenters. The van der Waals surface area contributed by atoms with Gasteiger partial charge in [-0.3, -0.25) is 4.99 Å². The van der Waals surface area contributed by atoms with Gasteiger partial charge in [0.05, 0.1) is 12.2 Å². The number of benzene rings is 1. The molecule has 0 bridgehead atoms. The second kappa shape index (κ2) is 8.89. The van der Waals surface area contributed by atoms with Crippen LogP contribution >= 0.6 is 22.9 Å². The maximum Gasteiger partial charge on any atom is 0.191 e. The Morgan fingerprint density at radius 2 is 1.96 bits per heavy atom. The molecule has 0 amide bonds. The highest BCUT2D eigenvalue weighted by Gasteiger charge is 2.04. The van der Waals surface area contributed by atoms with Gasteiger partial charge < -0.3 is 10.6 Å². The molecule has 2 N–H and O–H groups in total. The Labute approximate surface area is 147 Å². The highest BCUT2D eigenvalue weighted by atomic mass is 35.5. The van der Waals surface area contributed by atoms with E-state index in [1.165, 1.54) is 10.4 Å². The van der Waals surface area contributed by atoms with Gasteiger partial charge in [-0.15, -0.1) is 11.3 Å². The Morgan fingerprint density at radius 1 is 1.22 bits per heavy atom. The van der Waals surface area contributed by atoms with Crippen LogP contribution in [0.3, 0.4) is 0 Å². The maximum absolute atomic E-state index is 5.89. The second-order valence-corrected chi connectivity index (χ2v) is 7.06. The lowest BCUT2D eigenvalue weighted by atomic mass is 10.1. The third-order valence-corrected chi connectivity index (χ3v) is 4.88. The van der Waals surface area contributed by atoms with Crippen LogP contribution in [0.4, 0.5) is 0 Å². The quantitative estimate of drug-likeness (QED) is 0.474. The van der Waals surface area contributed by atoms with Crippen molar-refractivity contribution in [3.8, 4) is 0 Å². The minimum absolute atomic E-state index is 0.705. The molecule has 0 atom stereocenters. The minimum atomic E-state index is 0.705. The number of hydrogen-bond donors (Lipinski definition) is 2. The molecule has 1 heterocycles. The lowest BCUT2D eigenvalue weighted by molar-refractivity contribution is 0.740. The van der Waals surface area contributed by atoms with Crippen LogP contribution in [0, 0.1) is 13.8 Å². The standard InChI is InChI=1S/C17H23ClN4S/c1-12-13(2)23-16(22-12)11-21-17(19-3)20-10-4-5-14-6-8-15(18)9-7-14/h6-9H,4-5,10-11H2,1-3H3,(H2,19,20,21). The lowest BCUT2D eigenvalue weighted by Crippen LogP contribution is -2.37. The van der Waals surface area contributed by atoms with Gasteiger partial charge in [-0.2, -0.15) is 0 Å². The number of aromatic nitrogens is 1. The van der Waals surface area contributed by atoms with Crippen molar-refractivity contribution in [1.29, 1.82) is 0 Å². The fourth-order valence-electron chi connectivity index (χ4n) is 2.15. The first kappa shape index (κ1) is 17.8. The summed E-state index contributed by atoms with van der Waals surface area (Å²) in [6, 6.07) is 8.01. The van der Waals surface area contributed by atoms with Gasteiger partial charge in [0.15, 0.2) is 5.96 Å². The van der Waals surface area contributed by atoms with Crippen molar-refractivity contribution >= 4 is 28.9 Å². The first-order chi connectivity index (χ1) is 11.1. The molecule has 124 valence electrons. The number of thiazole rings is 1. The summed E-state index contributed by atoms with van der Waals surface area (Å²) in [7, 11) is 1.78. The van der Waals surface area contributed by atoms with E-state index >= 15 is 0 Å². The van der Waals surface area contributed by atoms with Crippen molar-refractivity contribution in [3.63, 3.8) is 0 Å². The summed E-state index contributed by atoms with van der Waals surface area (Å²) in [5, 5.41) is 8.50. The predicted octanol–water partition coefficient (Wildman–Crippen LogP) is 3.71. The topological polar surface area (TPSA) is 49.3 Å². The van der Waals surface area contributed by atoms with Crippen LogP contribution in [-0.2, 0) is 13.0 Å². The van der Waals surface area contributed by atoms with Crippen LogP contribution in [0.2, 0.25) is 5.02 Å². The van der Waals surface area contributed by atoms with Gasteiger partial charge in [-0.25, -0.2) is 4.98 Å². The van der Waals surface area contributed by atoms with Gasteiger partial charge in [0.1, 0.15) is 5.01 Å². The third-order valence-electron chi connectivity index (χ3n) is 3.55. The van der Waals surface area contributed by atoms with Gasteiger partial charge in [-0.1, -0.05) is 23.7 Å². The first-order valence-corrected chi connectivity index (χ1v) is 8.90. The smallest absolute Gasteiger partial charge is 0.191 e. The minimum Gasteiger partial charge on any atom is -0.356 e. The van der Waals surface area contributed by atoms with E-state index in [0.717, 1.165) is 41.1 Å². The van der Waals surface area contributed by atoms with Crippen LogP contribution in [-0.4, -0.2) is 24.5 Å². The van der Waals surface area contributed by atoms with Crippen LogP contribution in [0.1, 0.15) is 27.6 Å². The molecule has 0 fully saturated rings. The van der Waals surface area contributed by atoms with Crippen LogP contribution < -0.4 is 10.6 Å². The molecule has 4 nitrogen and oxygen atoms in total. The zero-order chi connectivity index (χ0) is 16.7. The van der Waals surface area contributed by atoms with Crippen molar-refractivity contribution in [3.05, 3.63) is 50.4 Å². The molecular formula is C17H23ClN4S. The lowest BCUT2D eigenvalue weighted by Gasteiger charge is -2.10. The molecule has 0 aliphatic carbocycles. The van der Waals surface area contributed by atoms with Gasteiger partial charge in [0.25, 0.3) is 0 Å². The Kier molecular flexibility index (Phi) is 6.86. The molecule has 2 aromatic rings. The number of aryl methyl sites for hydroxylation is 3. The Hall–Kier alpha value is -1.59. The molecule has 6 heteroatoms. The summed E-state index contributed by atoms with van der Waals surface area (Å²) in [4.78, 5) is 10.0. The van der Waals surface area contributed by atoms with Crippen LogP contribution in [0.5, 0.6) is 0 Å². The van der Waals surface area contributed by atoms with E-state index in [1.54, 1.807) is 18.4 Å². The summed E-state index contributed by atoms with van der Waals surface area (Å²) < 4.78 is 0. The molecule has 0 aliphatic heterocycles. The summed E-state index contributed by atoms with van der Waals surface area (Å²) in [5.41, 5.74) is 2.41. The molecule has 0 saturated carbocycles. The summed E-state index contributed by atoms with van der Waals surface area (Å²) >= 11 is 7.62. The van der Waals surface area contributed by atoms with Crippen molar-refractivity contribution < 1.29 is 0 Å². The SMILES string of the molecule is CN=C(NCCCc1ccc(Cl)cc1)NCc1nc(C)c(C)s1. The molecule has 0 saturated heterocycles. The zero-order valence-electron chi connectivity index (χ0n) is 13.8. The third kappa shape index (κ3) is 5.84. The number of hydrogen-bond acceptors (Lipinski definition) is 3. The fraction of sp³-hybridized carbons (Fsp3) is 0.412. The number of nitrogens with zero attached hydrogens (tertiary/aromatic N) is 2. The van der Waals surface area contributed by atoms with Gasteiger partial charge in [-0.05, 0) is 44.4 Å². The molecule has 23 heavy (non-hydrogen) atoms. The Bertz CT molecular complexity index is 630. The Balaban J connectivity index is 1.69. The number of guanidine groups is 1. The van der Waals surface area contributed by atoms with E-state index in [9.17, 15) is 0 Å².